The summed E-state index contributed by atoms with van der Waals surface area (Å²) in [5, 5.41) is 10.2. The van der Waals surface area contributed by atoms with Gasteiger partial charge in [-0.3, -0.25) is 4.90 Å². The van der Waals surface area contributed by atoms with Crippen molar-refractivity contribution >= 4 is 27.7 Å². The van der Waals surface area contributed by atoms with Crippen LogP contribution in [0.2, 0.25) is 0 Å². The molecule has 2 atom stereocenters. The van der Waals surface area contributed by atoms with E-state index in [-0.39, 0.29) is 0 Å². The van der Waals surface area contributed by atoms with Crippen LogP contribution in [0.15, 0.2) is 28.7 Å². The second kappa shape index (κ2) is 6.23. The van der Waals surface area contributed by atoms with E-state index in [1.165, 1.54) is 17.9 Å². The van der Waals surface area contributed by atoms with Crippen molar-refractivity contribution in [3.63, 3.8) is 0 Å². The summed E-state index contributed by atoms with van der Waals surface area (Å²) in [6.07, 6.45) is 0.843. The van der Waals surface area contributed by atoms with Crippen molar-refractivity contribution in [2.75, 3.05) is 25.1 Å². The molecule has 94 valence electrons. The molecule has 2 nitrogen and oxygen atoms in total. The van der Waals surface area contributed by atoms with Gasteiger partial charge in [-0.15, -0.1) is 0 Å². The van der Waals surface area contributed by atoms with Crippen LogP contribution in [-0.4, -0.2) is 41.1 Å². The molecule has 1 heterocycles. The number of aliphatic hydroxyl groups is 1. The van der Waals surface area contributed by atoms with E-state index in [2.05, 4.69) is 27.9 Å². The molecule has 0 spiro atoms. The lowest BCUT2D eigenvalue weighted by atomic mass is 10.1. The molecule has 0 aliphatic carbocycles. The van der Waals surface area contributed by atoms with Gasteiger partial charge in [0.05, 0.1) is 6.10 Å². The second-order valence-corrected chi connectivity index (χ2v) is 6.59. The van der Waals surface area contributed by atoms with Crippen molar-refractivity contribution in [3.05, 3.63) is 34.3 Å². The van der Waals surface area contributed by atoms with E-state index in [0.717, 1.165) is 10.0 Å². The Balaban J connectivity index is 1.93. The van der Waals surface area contributed by atoms with Crippen molar-refractivity contribution in [2.45, 2.75) is 18.6 Å². The van der Waals surface area contributed by atoms with Gasteiger partial charge in [0, 0.05) is 22.8 Å². The Bertz CT molecular complexity index is 368. The van der Waals surface area contributed by atoms with Gasteiger partial charge >= 0.3 is 0 Å². The van der Waals surface area contributed by atoms with Gasteiger partial charge in [0.1, 0.15) is 0 Å². The van der Waals surface area contributed by atoms with Crippen molar-refractivity contribution in [3.8, 4) is 0 Å². The van der Waals surface area contributed by atoms with Gasteiger partial charge in [0.25, 0.3) is 0 Å². The summed E-state index contributed by atoms with van der Waals surface area (Å²) in [4.78, 5) is 2.28. The molecule has 0 radical (unpaired) electrons. The van der Waals surface area contributed by atoms with Gasteiger partial charge in [-0.25, -0.2) is 0 Å². The first-order chi connectivity index (χ1) is 8.16. The van der Waals surface area contributed by atoms with Gasteiger partial charge in [0.2, 0.25) is 0 Å². The van der Waals surface area contributed by atoms with Gasteiger partial charge < -0.3 is 5.11 Å². The third-order valence-corrected chi connectivity index (χ3v) is 4.86. The molecule has 17 heavy (non-hydrogen) atoms. The van der Waals surface area contributed by atoms with Crippen LogP contribution in [-0.2, 0) is 0 Å². The number of rotatable bonds is 4. The average Bonchev–Trinajstić information content (AvgIpc) is 2.82. The lowest BCUT2D eigenvalue weighted by Gasteiger charge is -2.26. The predicted octanol–water partition coefficient (Wildman–Crippen LogP) is 2.92. The minimum absolute atomic E-state index is 0.400. The highest BCUT2D eigenvalue weighted by molar-refractivity contribution is 9.10. The monoisotopic (exact) mass is 315 g/mol. The highest BCUT2D eigenvalue weighted by Gasteiger charge is 2.22. The Morgan fingerprint density at radius 1 is 1.59 bits per heavy atom. The number of halogens is 1. The third kappa shape index (κ3) is 3.71. The first kappa shape index (κ1) is 13.4. The first-order valence-electron chi connectivity index (χ1n) is 5.88. The van der Waals surface area contributed by atoms with Crippen LogP contribution >= 0.6 is 27.7 Å². The number of hydrogen-bond acceptors (Lipinski definition) is 3. The van der Waals surface area contributed by atoms with Crippen LogP contribution < -0.4 is 0 Å². The molecule has 0 unspecified atom stereocenters. The Labute approximate surface area is 116 Å². The van der Waals surface area contributed by atoms with Crippen LogP contribution in [0, 0.1) is 0 Å². The van der Waals surface area contributed by atoms with Crippen molar-refractivity contribution in [2.24, 2.45) is 0 Å². The number of thioether (sulfide) groups is 1. The van der Waals surface area contributed by atoms with Gasteiger partial charge in [0.15, 0.2) is 0 Å². The fourth-order valence-electron chi connectivity index (χ4n) is 2.11. The molecular weight excluding hydrogens is 298 g/mol. The lowest BCUT2D eigenvalue weighted by Crippen LogP contribution is -2.34. The molecular formula is C13H18BrNOS. The Morgan fingerprint density at radius 3 is 3.06 bits per heavy atom. The van der Waals surface area contributed by atoms with E-state index in [1.807, 2.05) is 36.0 Å². The fraction of sp³-hybridized carbons (Fsp3) is 0.538. The summed E-state index contributed by atoms with van der Waals surface area (Å²) in [5.41, 5.74) is 0.983. The molecule has 0 aromatic heterocycles. The molecule has 1 aromatic rings. The Morgan fingerprint density at radius 2 is 2.41 bits per heavy atom. The molecule has 1 aliphatic heterocycles. The summed E-state index contributed by atoms with van der Waals surface area (Å²) in [7, 11) is 2.11. The standard InChI is InChI=1S/C13H18BrNOS/c1-15(12-5-6-17-9-12)8-13(16)10-3-2-4-11(14)7-10/h2-4,7,12-13,16H,5-6,8-9H2,1H3/t12-,13+/m1/s1. The third-order valence-electron chi connectivity index (χ3n) is 3.22. The smallest absolute Gasteiger partial charge is 0.0917 e. The summed E-state index contributed by atoms with van der Waals surface area (Å²) >= 11 is 5.44. The Kier molecular flexibility index (Phi) is 4.91. The minimum atomic E-state index is -0.400. The van der Waals surface area contributed by atoms with Gasteiger partial charge in [-0.05, 0) is 36.9 Å². The number of likely N-dealkylation sites (N-methyl/N-ethyl adjacent to an activating group) is 1. The highest BCUT2D eigenvalue weighted by atomic mass is 79.9. The summed E-state index contributed by atoms with van der Waals surface area (Å²) < 4.78 is 1.02. The quantitative estimate of drug-likeness (QED) is 0.924. The molecule has 1 aliphatic rings. The van der Waals surface area contributed by atoms with E-state index in [1.54, 1.807) is 0 Å². The first-order valence-corrected chi connectivity index (χ1v) is 7.83. The average molecular weight is 316 g/mol. The lowest BCUT2D eigenvalue weighted by molar-refractivity contribution is 0.110. The van der Waals surface area contributed by atoms with Crippen LogP contribution in [0.3, 0.4) is 0 Å². The predicted molar refractivity (Wildman–Crippen MR) is 77.5 cm³/mol. The zero-order valence-corrected chi connectivity index (χ0v) is 12.4. The molecule has 0 amide bonds. The zero-order chi connectivity index (χ0) is 12.3. The largest absolute Gasteiger partial charge is 0.387 e. The zero-order valence-electron chi connectivity index (χ0n) is 9.97. The number of nitrogens with zero attached hydrogens (tertiary/aromatic N) is 1. The summed E-state index contributed by atoms with van der Waals surface area (Å²) in [6, 6.07) is 8.54. The molecule has 1 fully saturated rings. The molecule has 0 bridgehead atoms. The number of hydrogen-bond donors (Lipinski definition) is 1. The Hall–Kier alpha value is -0.0300. The summed E-state index contributed by atoms with van der Waals surface area (Å²) in [6.45, 7) is 0.710. The number of aliphatic hydroxyl groups excluding tert-OH is 1. The summed E-state index contributed by atoms with van der Waals surface area (Å²) in [5.74, 6) is 2.45. The molecule has 2 rings (SSSR count). The van der Waals surface area contributed by atoms with Crippen molar-refractivity contribution < 1.29 is 5.11 Å². The van der Waals surface area contributed by atoms with Gasteiger partial charge in [-0.1, -0.05) is 28.1 Å². The van der Waals surface area contributed by atoms with Crippen LogP contribution in [0.4, 0.5) is 0 Å². The minimum Gasteiger partial charge on any atom is -0.387 e. The molecule has 4 heteroatoms. The fourth-order valence-corrected chi connectivity index (χ4v) is 3.83. The maximum atomic E-state index is 10.2. The van der Waals surface area contributed by atoms with E-state index >= 15 is 0 Å². The van der Waals surface area contributed by atoms with Crippen molar-refractivity contribution in [1.29, 1.82) is 0 Å². The number of benzene rings is 1. The SMILES string of the molecule is CN(C[C@H](O)c1cccc(Br)c1)[C@@H]1CCSC1. The second-order valence-electron chi connectivity index (χ2n) is 4.53. The van der Waals surface area contributed by atoms with E-state index in [9.17, 15) is 5.11 Å². The maximum Gasteiger partial charge on any atom is 0.0917 e. The van der Waals surface area contributed by atoms with E-state index < -0.39 is 6.10 Å². The maximum absolute atomic E-state index is 10.2. The van der Waals surface area contributed by atoms with Crippen LogP contribution in [0.1, 0.15) is 18.1 Å². The van der Waals surface area contributed by atoms with Crippen LogP contribution in [0.5, 0.6) is 0 Å². The topological polar surface area (TPSA) is 23.5 Å². The highest BCUT2D eigenvalue weighted by Crippen LogP contribution is 2.24. The molecule has 1 N–H and O–H groups in total. The van der Waals surface area contributed by atoms with E-state index in [4.69, 9.17) is 0 Å². The molecule has 1 saturated heterocycles. The van der Waals surface area contributed by atoms with E-state index in [0.29, 0.717) is 12.6 Å². The van der Waals surface area contributed by atoms with Crippen LogP contribution in [0.25, 0.3) is 0 Å². The molecule has 1 aromatic carbocycles. The van der Waals surface area contributed by atoms with Crippen molar-refractivity contribution in [1.82, 2.24) is 4.90 Å². The van der Waals surface area contributed by atoms with Gasteiger partial charge in [-0.2, -0.15) is 11.8 Å². The normalized spacial score (nSPS) is 22.0. The molecule has 0 saturated carbocycles.